The number of nitrogens with zero attached hydrogens (tertiary/aromatic N) is 3. The van der Waals surface area contributed by atoms with Gasteiger partial charge in [-0.25, -0.2) is 4.98 Å². The summed E-state index contributed by atoms with van der Waals surface area (Å²) in [5.41, 5.74) is 9.03. The number of benzene rings is 1. The second kappa shape index (κ2) is 6.88. The molecule has 1 aromatic carbocycles. The predicted octanol–water partition coefficient (Wildman–Crippen LogP) is 2.84. The van der Waals surface area contributed by atoms with Crippen LogP contribution in [0.3, 0.4) is 0 Å². The van der Waals surface area contributed by atoms with Crippen molar-refractivity contribution in [3.8, 4) is 11.8 Å². The average molecular weight is 352 g/mol. The highest BCUT2D eigenvalue weighted by molar-refractivity contribution is 9.10. The smallest absolute Gasteiger partial charge is 0.205 e. The molecule has 102 valence electrons. The Kier molecular flexibility index (Phi) is 4.92. The molecule has 6 nitrogen and oxygen atoms in total. The number of rotatable bonds is 5. The monoisotopic (exact) mass is 351 g/mol. The van der Waals surface area contributed by atoms with Gasteiger partial charge < -0.3 is 10.5 Å². The Bertz CT molecular complexity index is 664. The van der Waals surface area contributed by atoms with Gasteiger partial charge in [0.2, 0.25) is 5.13 Å². The van der Waals surface area contributed by atoms with Gasteiger partial charge in [0.05, 0.1) is 6.21 Å². The lowest BCUT2D eigenvalue weighted by molar-refractivity contribution is 0.367. The number of nitriles is 1. The number of nitrogens with two attached hydrogens (primary N) is 1. The zero-order valence-corrected chi connectivity index (χ0v) is 12.6. The van der Waals surface area contributed by atoms with Gasteiger partial charge in [0.1, 0.15) is 17.6 Å². The molecule has 0 atom stereocenters. The summed E-state index contributed by atoms with van der Waals surface area (Å²) in [4.78, 5) is 4.02. The van der Waals surface area contributed by atoms with Crippen molar-refractivity contribution in [2.75, 3.05) is 17.8 Å². The third-order valence-corrected chi connectivity index (χ3v) is 3.41. The fraction of sp³-hybridized carbons (Fsp3) is 0.0833. The first kappa shape index (κ1) is 14.3. The van der Waals surface area contributed by atoms with E-state index in [9.17, 15) is 0 Å². The molecule has 0 radical (unpaired) electrons. The molecule has 2 aromatic rings. The van der Waals surface area contributed by atoms with Crippen LogP contribution in [0.15, 0.2) is 33.2 Å². The number of nitrogen functional groups attached to an aromatic ring is 1. The SMILES string of the molecule is N#CCOc1ccc(Br)cc1C=NNc1nc(N)cs1. The molecule has 2 rings (SSSR count). The largest absolute Gasteiger partial charge is 0.478 e. The maximum atomic E-state index is 8.55. The second-order valence-electron chi connectivity index (χ2n) is 3.58. The van der Waals surface area contributed by atoms with Gasteiger partial charge in [-0.3, -0.25) is 5.43 Å². The van der Waals surface area contributed by atoms with E-state index < -0.39 is 0 Å². The Morgan fingerprint density at radius 1 is 1.60 bits per heavy atom. The normalized spacial score (nSPS) is 10.4. The molecule has 0 fully saturated rings. The number of aromatic nitrogens is 1. The molecular weight excluding hydrogens is 342 g/mol. The number of halogens is 1. The van der Waals surface area contributed by atoms with Gasteiger partial charge in [-0.05, 0) is 18.2 Å². The van der Waals surface area contributed by atoms with Crippen molar-refractivity contribution in [1.82, 2.24) is 4.98 Å². The third kappa shape index (κ3) is 3.94. The summed E-state index contributed by atoms with van der Waals surface area (Å²) in [6.07, 6.45) is 1.59. The molecule has 0 aliphatic rings. The molecule has 0 unspecified atom stereocenters. The van der Waals surface area contributed by atoms with Gasteiger partial charge >= 0.3 is 0 Å². The van der Waals surface area contributed by atoms with Crippen LogP contribution in [-0.2, 0) is 0 Å². The molecule has 0 aliphatic carbocycles. The standard InChI is InChI=1S/C12H10BrN5OS/c13-9-1-2-10(19-4-3-14)8(5-9)6-16-18-12-17-11(15)7-20-12/h1-2,5-7H,4,15H2,(H,17,18). The van der Waals surface area contributed by atoms with E-state index in [1.807, 2.05) is 18.2 Å². The summed E-state index contributed by atoms with van der Waals surface area (Å²) in [6, 6.07) is 7.37. The van der Waals surface area contributed by atoms with E-state index in [0.717, 1.165) is 10.0 Å². The predicted molar refractivity (Wildman–Crippen MR) is 83.0 cm³/mol. The summed E-state index contributed by atoms with van der Waals surface area (Å²) in [5.74, 6) is 1.03. The molecule has 0 amide bonds. The number of hydrazone groups is 1. The van der Waals surface area contributed by atoms with Crippen LogP contribution in [0.1, 0.15) is 5.56 Å². The van der Waals surface area contributed by atoms with Crippen LogP contribution in [0.4, 0.5) is 10.9 Å². The average Bonchev–Trinajstić information content (AvgIpc) is 2.84. The quantitative estimate of drug-likeness (QED) is 0.637. The molecule has 0 saturated carbocycles. The summed E-state index contributed by atoms with van der Waals surface area (Å²) >= 11 is 4.74. The minimum atomic E-state index is -0.0150. The zero-order valence-electron chi connectivity index (χ0n) is 10.2. The van der Waals surface area contributed by atoms with Gasteiger partial charge in [-0.1, -0.05) is 15.9 Å². The van der Waals surface area contributed by atoms with Crippen LogP contribution >= 0.6 is 27.3 Å². The van der Waals surface area contributed by atoms with E-state index in [1.54, 1.807) is 17.7 Å². The lowest BCUT2D eigenvalue weighted by Gasteiger charge is -2.05. The van der Waals surface area contributed by atoms with Crippen LogP contribution in [0, 0.1) is 11.3 Å². The van der Waals surface area contributed by atoms with Crippen molar-refractivity contribution in [3.05, 3.63) is 33.6 Å². The molecule has 0 saturated heterocycles. The van der Waals surface area contributed by atoms with E-state index in [-0.39, 0.29) is 6.61 Å². The van der Waals surface area contributed by atoms with Crippen molar-refractivity contribution >= 4 is 44.4 Å². The Hall–Kier alpha value is -2.11. The van der Waals surface area contributed by atoms with Crippen molar-refractivity contribution in [2.24, 2.45) is 5.10 Å². The van der Waals surface area contributed by atoms with E-state index in [2.05, 4.69) is 31.4 Å². The van der Waals surface area contributed by atoms with E-state index in [1.165, 1.54) is 11.3 Å². The zero-order chi connectivity index (χ0) is 14.4. The topological polar surface area (TPSA) is 96.3 Å². The Morgan fingerprint density at radius 3 is 3.15 bits per heavy atom. The van der Waals surface area contributed by atoms with Gasteiger partial charge in [0, 0.05) is 15.4 Å². The van der Waals surface area contributed by atoms with Gasteiger partial charge in [0.25, 0.3) is 0 Å². The Morgan fingerprint density at radius 2 is 2.45 bits per heavy atom. The van der Waals surface area contributed by atoms with E-state index in [0.29, 0.717) is 16.7 Å². The van der Waals surface area contributed by atoms with Crippen LogP contribution in [-0.4, -0.2) is 17.8 Å². The van der Waals surface area contributed by atoms with Crippen molar-refractivity contribution in [2.45, 2.75) is 0 Å². The van der Waals surface area contributed by atoms with Gasteiger partial charge in [0.15, 0.2) is 6.61 Å². The molecule has 8 heteroatoms. The number of hydrogen-bond donors (Lipinski definition) is 2. The van der Waals surface area contributed by atoms with Crippen LogP contribution in [0.2, 0.25) is 0 Å². The summed E-state index contributed by atoms with van der Waals surface area (Å²) in [6.45, 7) is -0.0150. The number of ether oxygens (including phenoxy) is 1. The van der Waals surface area contributed by atoms with Gasteiger partial charge in [-0.15, -0.1) is 11.3 Å². The Balaban J connectivity index is 2.10. The summed E-state index contributed by atoms with van der Waals surface area (Å²) in [7, 11) is 0. The van der Waals surface area contributed by atoms with Crippen molar-refractivity contribution < 1.29 is 4.74 Å². The maximum absolute atomic E-state index is 8.55. The van der Waals surface area contributed by atoms with Crippen LogP contribution < -0.4 is 15.9 Å². The first-order valence-electron chi connectivity index (χ1n) is 5.48. The van der Waals surface area contributed by atoms with Crippen LogP contribution in [0.5, 0.6) is 5.75 Å². The van der Waals surface area contributed by atoms with Crippen LogP contribution in [0.25, 0.3) is 0 Å². The highest BCUT2D eigenvalue weighted by atomic mass is 79.9. The highest BCUT2D eigenvalue weighted by Crippen LogP contribution is 2.22. The molecule has 1 aromatic heterocycles. The minimum absolute atomic E-state index is 0.0150. The fourth-order valence-corrected chi connectivity index (χ4v) is 2.28. The molecule has 0 spiro atoms. The second-order valence-corrected chi connectivity index (χ2v) is 5.35. The molecule has 1 heterocycles. The van der Waals surface area contributed by atoms with Crippen molar-refractivity contribution in [1.29, 1.82) is 5.26 Å². The lowest BCUT2D eigenvalue weighted by Crippen LogP contribution is -1.98. The molecule has 0 bridgehead atoms. The van der Waals surface area contributed by atoms with E-state index >= 15 is 0 Å². The molecular formula is C12H10BrN5OS. The lowest BCUT2D eigenvalue weighted by atomic mass is 10.2. The summed E-state index contributed by atoms with van der Waals surface area (Å²) < 4.78 is 6.20. The fourth-order valence-electron chi connectivity index (χ4n) is 1.36. The first-order valence-corrected chi connectivity index (χ1v) is 7.15. The maximum Gasteiger partial charge on any atom is 0.205 e. The number of nitrogens with one attached hydrogen (secondary N) is 1. The number of anilines is 2. The Labute approximate surface area is 128 Å². The van der Waals surface area contributed by atoms with E-state index in [4.69, 9.17) is 15.7 Å². The molecule has 3 N–H and O–H groups in total. The minimum Gasteiger partial charge on any atom is -0.478 e. The first-order chi connectivity index (χ1) is 9.69. The molecule has 20 heavy (non-hydrogen) atoms. The molecule has 0 aliphatic heterocycles. The number of hydrogen-bond acceptors (Lipinski definition) is 7. The number of thiazole rings is 1. The summed E-state index contributed by atoms with van der Waals surface area (Å²) in [5, 5.41) is 14.9. The van der Waals surface area contributed by atoms with Gasteiger partial charge in [-0.2, -0.15) is 10.4 Å². The third-order valence-electron chi connectivity index (χ3n) is 2.15. The highest BCUT2D eigenvalue weighted by Gasteiger charge is 2.03. The van der Waals surface area contributed by atoms with Crippen molar-refractivity contribution in [3.63, 3.8) is 0 Å².